The topological polar surface area (TPSA) is 88.6 Å². The van der Waals surface area contributed by atoms with Crippen LogP contribution in [0.3, 0.4) is 0 Å². The van der Waals surface area contributed by atoms with Crippen LogP contribution in [0.15, 0.2) is 77.1 Å². The van der Waals surface area contributed by atoms with Gasteiger partial charge in [-0.3, -0.25) is 9.59 Å². The van der Waals surface area contributed by atoms with Gasteiger partial charge in [0.2, 0.25) is 5.78 Å². The summed E-state index contributed by atoms with van der Waals surface area (Å²) in [6.45, 7) is 0.903. The van der Waals surface area contributed by atoms with Gasteiger partial charge in [-0.15, -0.1) is 0 Å². The Kier molecular flexibility index (Phi) is 4.99. The van der Waals surface area contributed by atoms with Gasteiger partial charge in [-0.2, -0.15) is 0 Å². The maximum atomic E-state index is 13.4. The molecule has 0 unspecified atom stereocenters. The Balaban J connectivity index is 1.66. The summed E-state index contributed by atoms with van der Waals surface area (Å²) in [5.41, 5.74) is 0.459. The van der Waals surface area contributed by atoms with Gasteiger partial charge in [0, 0.05) is 25.5 Å². The third kappa shape index (κ3) is 3.56. The van der Waals surface area contributed by atoms with Crippen LogP contribution >= 0.6 is 0 Å². The summed E-state index contributed by atoms with van der Waals surface area (Å²) in [6, 6.07) is 7.72. The van der Waals surface area contributed by atoms with Gasteiger partial charge in [-0.05, 0) is 36.2 Å². The molecule has 1 N–H and O–H groups in total. The molecule has 0 spiro atoms. The van der Waals surface area contributed by atoms with E-state index in [0.717, 1.165) is 0 Å². The van der Waals surface area contributed by atoms with Crippen LogP contribution in [0.2, 0.25) is 0 Å². The molecular formula is C21H18FN3O4. The van der Waals surface area contributed by atoms with Gasteiger partial charge in [0.05, 0.1) is 24.2 Å². The highest BCUT2D eigenvalue weighted by atomic mass is 19.1. The smallest absolute Gasteiger partial charge is 0.290 e. The molecule has 2 aromatic heterocycles. The highest BCUT2D eigenvalue weighted by molar-refractivity contribution is 6.14. The van der Waals surface area contributed by atoms with Crippen molar-refractivity contribution in [2.75, 3.05) is 6.54 Å². The van der Waals surface area contributed by atoms with Crippen molar-refractivity contribution in [1.29, 1.82) is 0 Å². The number of imidazole rings is 1. The Morgan fingerprint density at radius 3 is 2.66 bits per heavy atom. The summed E-state index contributed by atoms with van der Waals surface area (Å²) in [7, 11) is 0. The lowest BCUT2D eigenvalue weighted by Gasteiger charge is -2.26. The molecule has 0 saturated carbocycles. The second-order valence-electron chi connectivity index (χ2n) is 6.68. The van der Waals surface area contributed by atoms with Crippen LogP contribution in [0.4, 0.5) is 4.39 Å². The molecule has 3 aromatic rings. The summed E-state index contributed by atoms with van der Waals surface area (Å²) >= 11 is 0. The van der Waals surface area contributed by atoms with E-state index in [1.807, 2.05) is 10.8 Å². The second kappa shape index (κ2) is 7.75. The van der Waals surface area contributed by atoms with Crippen LogP contribution in [-0.4, -0.2) is 37.8 Å². The minimum atomic E-state index is -0.830. The Morgan fingerprint density at radius 2 is 2.00 bits per heavy atom. The number of benzene rings is 1. The number of halogens is 1. The van der Waals surface area contributed by atoms with E-state index in [-0.39, 0.29) is 17.9 Å². The zero-order chi connectivity index (χ0) is 20.4. The first-order valence-electron chi connectivity index (χ1n) is 9.10. The van der Waals surface area contributed by atoms with Crippen molar-refractivity contribution in [3.05, 3.63) is 89.9 Å². The monoisotopic (exact) mass is 395 g/mol. The molecule has 1 atom stereocenters. The number of amides is 1. The lowest BCUT2D eigenvalue weighted by Crippen LogP contribution is -2.32. The third-order valence-corrected chi connectivity index (χ3v) is 4.85. The molecule has 1 amide bonds. The quantitative estimate of drug-likeness (QED) is 0.620. The van der Waals surface area contributed by atoms with Gasteiger partial charge in [0.1, 0.15) is 5.82 Å². The number of aliphatic hydroxyl groups excluding tert-OH is 1. The van der Waals surface area contributed by atoms with Crippen molar-refractivity contribution >= 4 is 11.7 Å². The zero-order valence-electron chi connectivity index (χ0n) is 15.4. The van der Waals surface area contributed by atoms with Crippen LogP contribution in [0, 0.1) is 5.82 Å². The average molecular weight is 395 g/mol. The molecule has 0 bridgehead atoms. The fourth-order valence-corrected chi connectivity index (χ4v) is 3.49. The molecule has 1 aliphatic rings. The number of hydrogen-bond acceptors (Lipinski definition) is 5. The molecule has 3 heterocycles. The average Bonchev–Trinajstić information content (AvgIpc) is 3.47. The van der Waals surface area contributed by atoms with E-state index >= 15 is 0 Å². The largest absolute Gasteiger partial charge is 0.503 e. The molecule has 0 radical (unpaired) electrons. The number of nitrogens with zero attached hydrogens (tertiary/aromatic N) is 3. The Hall–Kier alpha value is -3.68. The first-order valence-corrected chi connectivity index (χ1v) is 9.10. The molecule has 1 aliphatic heterocycles. The molecule has 8 heteroatoms. The number of carbonyl (C=O) groups is 2. The van der Waals surface area contributed by atoms with E-state index < -0.39 is 29.3 Å². The molecular weight excluding hydrogens is 377 g/mol. The lowest BCUT2D eigenvalue weighted by atomic mass is 9.95. The number of carbonyl (C=O) groups excluding carboxylic acids is 2. The summed E-state index contributed by atoms with van der Waals surface area (Å²) in [4.78, 5) is 31.1. The van der Waals surface area contributed by atoms with Crippen molar-refractivity contribution in [2.45, 2.75) is 19.0 Å². The number of aliphatic hydroxyl groups is 1. The van der Waals surface area contributed by atoms with Gasteiger partial charge in [-0.25, -0.2) is 9.37 Å². The van der Waals surface area contributed by atoms with E-state index in [0.29, 0.717) is 18.5 Å². The summed E-state index contributed by atoms with van der Waals surface area (Å²) in [6.07, 6.45) is 7.07. The number of aromatic nitrogens is 2. The minimum absolute atomic E-state index is 0.0201. The van der Waals surface area contributed by atoms with Gasteiger partial charge in [0.15, 0.2) is 11.5 Å². The summed E-state index contributed by atoms with van der Waals surface area (Å²) in [5, 5.41) is 10.5. The number of furan rings is 1. The lowest BCUT2D eigenvalue weighted by molar-refractivity contribution is -0.129. The number of ketones is 1. The molecule has 29 heavy (non-hydrogen) atoms. The highest BCUT2D eigenvalue weighted by Gasteiger charge is 2.44. The van der Waals surface area contributed by atoms with Crippen molar-refractivity contribution in [1.82, 2.24) is 14.5 Å². The van der Waals surface area contributed by atoms with Gasteiger partial charge in [-0.1, -0.05) is 12.1 Å². The van der Waals surface area contributed by atoms with E-state index in [1.54, 1.807) is 18.6 Å². The Bertz CT molecular complexity index is 1040. The third-order valence-electron chi connectivity index (χ3n) is 4.85. The highest BCUT2D eigenvalue weighted by Crippen LogP contribution is 2.39. The number of Topliss-reactive ketones (excluding diaryl/α,β-unsaturated/α-hetero) is 1. The second-order valence-corrected chi connectivity index (χ2v) is 6.68. The van der Waals surface area contributed by atoms with Crippen molar-refractivity contribution < 1.29 is 23.5 Å². The zero-order valence-corrected chi connectivity index (χ0v) is 15.4. The molecule has 4 rings (SSSR count). The van der Waals surface area contributed by atoms with Crippen LogP contribution in [0.5, 0.6) is 0 Å². The van der Waals surface area contributed by atoms with E-state index in [1.165, 1.54) is 41.5 Å². The summed E-state index contributed by atoms with van der Waals surface area (Å²) in [5.74, 6) is -2.24. The fraction of sp³-hybridized carbons (Fsp3) is 0.190. The molecule has 0 saturated heterocycles. The van der Waals surface area contributed by atoms with Crippen LogP contribution in [0.25, 0.3) is 0 Å². The fourth-order valence-electron chi connectivity index (χ4n) is 3.49. The van der Waals surface area contributed by atoms with Gasteiger partial charge in [0.25, 0.3) is 5.91 Å². The minimum Gasteiger partial charge on any atom is -0.503 e. The van der Waals surface area contributed by atoms with Crippen molar-refractivity contribution in [3.63, 3.8) is 0 Å². The maximum absolute atomic E-state index is 13.4. The van der Waals surface area contributed by atoms with E-state index in [9.17, 15) is 19.1 Å². The summed E-state index contributed by atoms with van der Waals surface area (Å²) < 4.78 is 20.5. The SMILES string of the molecule is O=C(C1=C(O)C(=O)N(CCCn2ccnc2)[C@H]1c1ccc(F)cc1)c1ccco1. The molecule has 0 aliphatic carbocycles. The van der Waals surface area contributed by atoms with Crippen LogP contribution < -0.4 is 0 Å². The van der Waals surface area contributed by atoms with Gasteiger partial charge < -0.3 is 19.0 Å². The van der Waals surface area contributed by atoms with Gasteiger partial charge >= 0.3 is 0 Å². The standard InChI is InChI=1S/C21H18FN3O4/c22-15-6-4-14(5-7-15)18-17(19(26)16-3-1-12-29-16)20(27)21(28)25(18)10-2-9-24-11-8-23-13-24/h1,3-8,11-13,18,27H,2,9-10H2/t18-/m0/s1. The van der Waals surface area contributed by atoms with E-state index in [4.69, 9.17) is 4.42 Å². The Morgan fingerprint density at radius 1 is 1.21 bits per heavy atom. The number of rotatable bonds is 7. The number of hydrogen-bond donors (Lipinski definition) is 1. The molecule has 148 valence electrons. The number of aryl methyl sites for hydroxylation is 1. The van der Waals surface area contributed by atoms with Crippen LogP contribution in [-0.2, 0) is 11.3 Å². The normalized spacial score (nSPS) is 16.7. The van der Waals surface area contributed by atoms with Crippen molar-refractivity contribution in [2.24, 2.45) is 0 Å². The first kappa shape index (κ1) is 18.7. The molecule has 0 fully saturated rings. The predicted octanol–water partition coefficient (Wildman–Crippen LogP) is 3.28. The van der Waals surface area contributed by atoms with Crippen molar-refractivity contribution in [3.8, 4) is 0 Å². The Labute approximate surface area is 165 Å². The predicted molar refractivity (Wildman–Crippen MR) is 100 cm³/mol. The maximum Gasteiger partial charge on any atom is 0.290 e. The first-order chi connectivity index (χ1) is 14.1. The molecule has 7 nitrogen and oxygen atoms in total. The van der Waals surface area contributed by atoms with E-state index in [2.05, 4.69) is 4.98 Å². The van der Waals surface area contributed by atoms with Crippen LogP contribution in [0.1, 0.15) is 28.6 Å². The molecule has 1 aromatic carbocycles.